The zero-order chi connectivity index (χ0) is 12.0. The van der Waals surface area contributed by atoms with Crippen LogP contribution in [-0.2, 0) is 0 Å². The Bertz CT molecular complexity index is 422. The van der Waals surface area contributed by atoms with Crippen LogP contribution in [0.15, 0.2) is 18.2 Å². The van der Waals surface area contributed by atoms with Crippen molar-refractivity contribution in [2.24, 2.45) is 17.8 Å². The van der Waals surface area contributed by atoms with Crippen LogP contribution in [0.1, 0.15) is 30.2 Å². The van der Waals surface area contributed by atoms with Gasteiger partial charge >= 0.3 is 0 Å². The molecule has 3 unspecified atom stereocenters. The van der Waals surface area contributed by atoms with E-state index in [2.05, 4.69) is 0 Å². The number of fused-ring (bicyclic) bond motifs is 1. The third-order valence-electron chi connectivity index (χ3n) is 4.32. The van der Waals surface area contributed by atoms with Crippen molar-refractivity contribution in [2.45, 2.75) is 24.6 Å². The van der Waals surface area contributed by atoms with Gasteiger partial charge in [0.15, 0.2) is 0 Å². The number of halogens is 2. The molecule has 0 bridgehead atoms. The lowest BCUT2D eigenvalue weighted by Crippen LogP contribution is -1.99. The first-order valence-corrected chi connectivity index (χ1v) is 7.01. The maximum absolute atomic E-state index is 6.58. The Morgan fingerprint density at radius 2 is 2.00 bits per heavy atom. The number of methoxy groups -OCH3 is 1. The summed E-state index contributed by atoms with van der Waals surface area (Å²) in [4.78, 5) is 0. The van der Waals surface area contributed by atoms with Gasteiger partial charge in [-0.1, -0.05) is 24.1 Å². The number of ether oxygens (including phenoxy) is 1. The van der Waals surface area contributed by atoms with E-state index < -0.39 is 0 Å². The highest BCUT2D eigenvalue weighted by Gasteiger charge is 2.55. The molecule has 1 aromatic rings. The molecule has 0 N–H and O–H groups in total. The number of alkyl halides is 1. The molecule has 0 spiro atoms. The lowest BCUT2D eigenvalue weighted by atomic mass is 10.0. The molecule has 92 valence electrons. The normalized spacial score (nSPS) is 32.1. The summed E-state index contributed by atoms with van der Waals surface area (Å²) in [6.07, 6.45) is 4.09. The minimum absolute atomic E-state index is 0.0729. The molecule has 0 amide bonds. The SMILES string of the molecule is COc1ccc(C(Cl)C2C3CCCC32)c(Cl)c1. The lowest BCUT2D eigenvalue weighted by molar-refractivity contribution is 0.414. The predicted molar refractivity (Wildman–Crippen MR) is 70.9 cm³/mol. The topological polar surface area (TPSA) is 9.23 Å². The van der Waals surface area contributed by atoms with Gasteiger partial charge in [-0.05, 0) is 48.3 Å². The third kappa shape index (κ3) is 1.94. The van der Waals surface area contributed by atoms with E-state index >= 15 is 0 Å². The van der Waals surface area contributed by atoms with E-state index in [1.807, 2.05) is 18.2 Å². The van der Waals surface area contributed by atoms with Crippen molar-refractivity contribution in [1.82, 2.24) is 0 Å². The van der Waals surface area contributed by atoms with Gasteiger partial charge in [-0.3, -0.25) is 0 Å². The Morgan fingerprint density at radius 1 is 1.29 bits per heavy atom. The fraction of sp³-hybridized carbons (Fsp3) is 0.571. The summed E-state index contributed by atoms with van der Waals surface area (Å²) in [5, 5.41) is 0.804. The maximum atomic E-state index is 6.58. The second-order valence-corrected chi connectivity index (χ2v) is 6.00. The molecular formula is C14H16Cl2O. The highest BCUT2D eigenvalue weighted by Crippen LogP contribution is 2.64. The van der Waals surface area contributed by atoms with Crippen LogP contribution in [0.5, 0.6) is 5.75 Å². The van der Waals surface area contributed by atoms with Gasteiger partial charge in [0.1, 0.15) is 5.75 Å². The Hall–Kier alpha value is -0.400. The molecule has 17 heavy (non-hydrogen) atoms. The average Bonchev–Trinajstić information content (AvgIpc) is 2.81. The minimum Gasteiger partial charge on any atom is -0.497 e. The smallest absolute Gasteiger partial charge is 0.120 e. The van der Waals surface area contributed by atoms with Crippen LogP contribution < -0.4 is 4.74 Å². The van der Waals surface area contributed by atoms with E-state index in [0.29, 0.717) is 5.92 Å². The van der Waals surface area contributed by atoms with Crippen molar-refractivity contribution in [2.75, 3.05) is 7.11 Å². The quantitative estimate of drug-likeness (QED) is 0.725. The van der Waals surface area contributed by atoms with Gasteiger partial charge in [-0.2, -0.15) is 0 Å². The largest absolute Gasteiger partial charge is 0.497 e. The van der Waals surface area contributed by atoms with Gasteiger partial charge in [0, 0.05) is 5.02 Å². The molecule has 0 heterocycles. The highest BCUT2D eigenvalue weighted by molar-refractivity contribution is 6.33. The summed E-state index contributed by atoms with van der Waals surface area (Å²) >= 11 is 12.8. The van der Waals surface area contributed by atoms with Crippen LogP contribution in [0.2, 0.25) is 5.02 Å². The van der Waals surface area contributed by atoms with E-state index in [1.54, 1.807) is 7.11 Å². The van der Waals surface area contributed by atoms with Crippen molar-refractivity contribution in [3.05, 3.63) is 28.8 Å². The molecule has 0 radical (unpaired) electrons. The Labute approximate surface area is 112 Å². The van der Waals surface area contributed by atoms with Gasteiger partial charge in [0.2, 0.25) is 0 Å². The van der Waals surface area contributed by atoms with Crippen LogP contribution in [0, 0.1) is 17.8 Å². The highest BCUT2D eigenvalue weighted by atomic mass is 35.5. The fourth-order valence-electron chi connectivity index (χ4n) is 3.38. The molecule has 2 aliphatic rings. The number of hydrogen-bond donors (Lipinski definition) is 0. The van der Waals surface area contributed by atoms with Crippen molar-refractivity contribution in [3.63, 3.8) is 0 Å². The molecule has 3 rings (SSSR count). The van der Waals surface area contributed by atoms with Gasteiger partial charge in [0.25, 0.3) is 0 Å². The van der Waals surface area contributed by atoms with Gasteiger partial charge in [0.05, 0.1) is 12.5 Å². The van der Waals surface area contributed by atoms with Crippen LogP contribution in [0.4, 0.5) is 0 Å². The summed E-state index contributed by atoms with van der Waals surface area (Å²) in [6, 6.07) is 5.80. The summed E-state index contributed by atoms with van der Waals surface area (Å²) in [6.45, 7) is 0. The van der Waals surface area contributed by atoms with E-state index in [1.165, 1.54) is 19.3 Å². The Morgan fingerprint density at radius 3 is 2.59 bits per heavy atom. The summed E-state index contributed by atoms with van der Waals surface area (Å²) in [7, 11) is 1.65. The molecule has 0 aromatic heterocycles. The molecule has 1 aromatic carbocycles. The predicted octanol–water partition coefficient (Wildman–Crippen LogP) is 4.67. The second kappa shape index (κ2) is 4.37. The third-order valence-corrected chi connectivity index (χ3v) is 5.17. The first-order valence-electron chi connectivity index (χ1n) is 6.20. The number of benzene rings is 1. The molecule has 0 aliphatic heterocycles. The number of hydrogen-bond acceptors (Lipinski definition) is 1. The maximum Gasteiger partial charge on any atom is 0.120 e. The molecule has 0 saturated heterocycles. The van der Waals surface area contributed by atoms with E-state index in [0.717, 1.165) is 28.2 Å². The van der Waals surface area contributed by atoms with Gasteiger partial charge < -0.3 is 4.74 Å². The van der Waals surface area contributed by atoms with Crippen LogP contribution >= 0.6 is 23.2 Å². The molecule has 3 atom stereocenters. The van der Waals surface area contributed by atoms with E-state index in [-0.39, 0.29) is 5.38 Å². The van der Waals surface area contributed by atoms with Gasteiger partial charge in [-0.25, -0.2) is 0 Å². The monoisotopic (exact) mass is 270 g/mol. The number of rotatable bonds is 3. The standard InChI is InChI=1S/C14H16Cl2O/c1-17-8-5-6-11(12(15)7-8)14(16)13-9-3-2-4-10(9)13/h5-7,9-10,13-14H,2-4H2,1H3. The molecule has 3 heteroatoms. The molecule has 2 fully saturated rings. The van der Waals surface area contributed by atoms with Crippen LogP contribution in [0.25, 0.3) is 0 Å². The second-order valence-electron chi connectivity index (χ2n) is 5.13. The Balaban J connectivity index is 1.80. The minimum atomic E-state index is 0.0729. The van der Waals surface area contributed by atoms with Crippen molar-refractivity contribution in [3.8, 4) is 5.75 Å². The first-order chi connectivity index (χ1) is 8.22. The lowest BCUT2D eigenvalue weighted by Gasteiger charge is -2.14. The van der Waals surface area contributed by atoms with Crippen LogP contribution in [0.3, 0.4) is 0 Å². The fourth-order valence-corrected chi connectivity index (χ4v) is 4.28. The van der Waals surface area contributed by atoms with E-state index in [9.17, 15) is 0 Å². The van der Waals surface area contributed by atoms with Crippen molar-refractivity contribution in [1.29, 1.82) is 0 Å². The van der Waals surface area contributed by atoms with E-state index in [4.69, 9.17) is 27.9 Å². The summed E-state index contributed by atoms with van der Waals surface area (Å²) in [5.74, 6) is 3.15. The summed E-state index contributed by atoms with van der Waals surface area (Å²) in [5.41, 5.74) is 1.06. The average molecular weight is 271 g/mol. The van der Waals surface area contributed by atoms with Crippen molar-refractivity contribution < 1.29 is 4.74 Å². The zero-order valence-corrected chi connectivity index (χ0v) is 11.3. The Kier molecular flexibility index (Phi) is 3.00. The van der Waals surface area contributed by atoms with Crippen LogP contribution in [-0.4, -0.2) is 7.11 Å². The van der Waals surface area contributed by atoms with Crippen molar-refractivity contribution >= 4 is 23.2 Å². The zero-order valence-electron chi connectivity index (χ0n) is 9.83. The summed E-state index contributed by atoms with van der Waals surface area (Å²) < 4.78 is 5.15. The molecule has 1 nitrogen and oxygen atoms in total. The first kappa shape index (κ1) is 11.7. The molecular weight excluding hydrogens is 255 g/mol. The molecule has 2 aliphatic carbocycles. The van der Waals surface area contributed by atoms with Gasteiger partial charge in [-0.15, -0.1) is 11.6 Å². The molecule has 2 saturated carbocycles.